The first-order valence-electron chi connectivity index (χ1n) is 9.72. The zero-order valence-corrected chi connectivity index (χ0v) is 19.3. The number of rotatable bonds is 6. The molecule has 2 bridgehead atoms. The normalized spacial score (nSPS) is 29.9. The van der Waals surface area contributed by atoms with Gasteiger partial charge in [-0.05, 0) is 53.5 Å². The second-order valence-electron chi connectivity index (χ2n) is 8.12. The Morgan fingerprint density at radius 2 is 2.06 bits per heavy atom. The van der Waals surface area contributed by atoms with Crippen molar-refractivity contribution in [2.75, 3.05) is 6.61 Å². The Hall–Kier alpha value is -1.61. The van der Waals surface area contributed by atoms with Gasteiger partial charge in [0.15, 0.2) is 11.9 Å². The first kappa shape index (κ1) is 23.5. The fourth-order valence-electron chi connectivity index (χ4n) is 4.66. The Morgan fingerprint density at radius 1 is 1.34 bits per heavy atom. The van der Waals surface area contributed by atoms with Gasteiger partial charge in [-0.2, -0.15) is 17.2 Å². The molecule has 2 aliphatic carbocycles. The van der Waals surface area contributed by atoms with E-state index in [1.807, 2.05) is 0 Å². The number of ether oxygens (including phenoxy) is 3. The minimum absolute atomic E-state index is 0.247. The van der Waals surface area contributed by atoms with Gasteiger partial charge in [0, 0.05) is 18.8 Å². The number of alkyl halides is 3. The summed E-state index contributed by atoms with van der Waals surface area (Å²) in [5.41, 5.74) is 0.323. The molecular weight excluding hydrogens is 572 g/mol. The van der Waals surface area contributed by atoms with E-state index in [0.717, 1.165) is 3.57 Å². The summed E-state index contributed by atoms with van der Waals surface area (Å²) in [6.07, 6.45) is -3.28. The predicted molar refractivity (Wildman–Crippen MR) is 109 cm³/mol. The highest BCUT2D eigenvalue weighted by Crippen LogP contribution is 2.58. The maximum atomic E-state index is 13.5. The summed E-state index contributed by atoms with van der Waals surface area (Å²) in [5.74, 6) is -3.13. The van der Waals surface area contributed by atoms with E-state index in [4.69, 9.17) is 18.8 Å². The number of halogens is 4. The summed E-state index contributed by atoms with van der Waals surface area (Å²) in [4.78, 5) is 24.9. The van der Waals surface area contributed by atoms with Gasteiger partial charge in [-0.15, -0.1) is 0 Å². The summed E-state index contributed by atoms with van der Waals surface area (Å²) >= 11 is 2.05. The third-order valence-electron chi connectivity index (χ3n) is 6.22. The highest BCUT2D eigenvalue weighted by molar-refractivity contribution is 14.1. The van der Waals surface area contributed by atoms with E-state index in [0.29, 0.717) is 17.7 Å². The molecule has 5 unspecified atom stereocenters. The standard InChI is InChI=1S/C19H18F3IO8S/c20-14(19(21,22)32(26,27)28)4-5-29-16(24)12-7-10-6-9(12)8-18(10)30-15-11(17(25)31-18)2-1-3-13(15)23/h1-3,9-10,12,14H,4-8H2,(H,26,27,28). The summed E-state index contributed by atoms with van der Waals surface area (Å²) in [6.45, 7) is -0.777. The molecule has 1 aromatic carbocycles. The number of benzene rings is 1. The van der Waals surface area contributed by atoms with Gasteiger partial charge >= 0.3 is 27.3 Å². The van der Waals surface area contributed by atoms with Crippen molar-refractivity contribution in [3.63, 3.8) is 0 Å². The monoisotopic (exact) mass is 590 g/mol. The molecule has 2 saturated carbocycles. The Bertz CT molecular complexity index is 1060. The maximum absolute atomic E-state index is 13.5. The van der Waals surface area contributed by atoms with Gasteiger partial charge in [0.05, 0.1) is 16.1 Å². The molecule has 13 heteroatoms. The molecule has 1 N–H and O–H groups in total. The molecule has 0 saturated heterocycles. The van der Waals surface area contributed by atoms with Crippen molar-refractivity contribution in [2.45, 2.75) is 42.9 Å². The van der Waals surface area contributed by atoms with Crippen LogP contribution in [-0.4, -0.2) is 48.7 Å². The van der Waals surface area contributed by atoms with Crippen LogP contribution in [0.1, 0.15) is 36.0 Å². The molecule has 3 aliphatic rings. The summed E-state index contributed by atoms with van der Waals surface area (Å²) in [6, 6.07) is 5.11. The SMILES string of the molecule is O=C1OC2(CC3CC2CC3C(=O)OCCC(F)C(F)(F)S(=O)(=O)O)Oc2c(I)cccc21. The van der Waals surface area contributed by atoms with Gasteiger partial charge in [-0.3, -0.25) is 9.35 Å². The maximum Gasteiger partial charge on any atom is 0.400 e. The first-order valence-corrected chi connectivity index (χ1v) is 12.2. The fourth-order valence-corrected chi connectivity index (χ4v) is 5.71. The number of para-hydroxylation sites is 1. The summed E-state index contributed by atoms with van der Waals surface area (Å²) < 4.78 is 86.9. The third-order valence-corrected chi connectivity index (χ3v) is 8.01. The van der Waals surface area contributed by atoms with E-state index < -0.39 is 58.2 Å². The molecule has 2 fully saturated rings. The van der Waals surface area contributed by atoms with Gasteiger partial charge in [-0.25, -0.2) is 9.18 Å². The minimum atomic E-state index is -5.92. The lowest BCUT2D eigenvalue weighted by atomic mass is 9.84. The van der Waals surface area contributed by atoms with Gasteiger partial charge in [0.1, 0.15) is 5.56 Å². The largest absolute Gasteiger partial charge is 0.465 e. The van der Waals surface area contributed by atoms with Crippen molar-refractivity contribution < 1.29 is 49.9 Å². The number of carbonyl (C=O) groups is 2. The number of hydrogen-bond acceptors (Lipinski definition) is 7. The molecule has 1 aliphatic heterocycles. The summed E-state index contributed by atoms with van der Waals surface area (Å²) in [5, 5.41) is -4.99. The van der Waals surface area contributed by atoms with Gasteiger partial charge in [0.25, 0.3) is 5.79 Å². The van der Waals surface area contributed by atoms with Crippen LogP contribution >= 0.6 is 22.6 Å². The topological polar surface area (TPSA) is 116 Å². The van der Waals surface area contributed by atoms with Crippen LogP contribution in [0.15, 0.2) is 18.2 Å². The molecule has 32 heavy (non-hydrogen) atoms. The molecule has 0 radical (unpaired) electrons. The average molecular weight is 590 g/mol. The minimum Gasteiger partial charge on any atom is -0.465 e. The number of esters is 2. The zero-order chi connectivity index (χ0) is 23.5. The van der Waals surface area contributed by atoms with Crippen molar-refractivity contribution >= 4 is 44.6 Å². The van der Waals surface area contributed by atoms with E-state index in [9.17, 15) is 31.2 Å². The van der Waals surface area contributed by atoms with E-state index in [1.165, 1.54) is 0 Å². The Labute approximate surface area is 194 Å². The zero-order valence-electron chi connectivity index (χ0n) is 16.3. The fraction of sp³-hybridized carbons (Fsp3) is 0.579. The average Bonchev–Trinajstić information content (AvgIpc) is 3.26. The molecule has 1 spiro atoms. The lowest BCUT2D eigenvalue weighted by molar-refractivity contribution is -0.193. The number of hydrogen-bond donors (Lipinski definition) is 1. The second-order valence-corrected chi connectivity index (χ2v) is 10.8. The molecule has 0 amide bonds. The highest BCUT2D eigenvalue weighted by Gasteiger charge is 2.63. The molecule has 1 aromatic rings. The van der Waals surface area contributed by atoms with Crippen LogP contribution in [0.3, 0.4) is 0 Å². The Kier molecular flexibility index (Phi) is 5.89. The summed E-state index contributed by atoms with van der Waals surface area (Å²) in [7, 11) is -5.92. The van der Waals surface area contributed by atoms with Crippen molar-refractivity contribution in [3.05, 3.63) is 27.3 Å². The molecule has 0 aromatic heterocycles. The quantitative estimate of drug-likeness (QED) is 0.305. The van der Waals surface area contributed by atoms with Crippen LogP contribution in [0.2, 0.25) is 0 Å². The lowest BCUT2D eigenvalue weighted by Gasteiger charge is -2.41. The Morgan fingerprint density at radius 3 is 2.69 bits per heavy atom. The molecule has 1 heterocycles. The molecular formula is C19H18F3IO8S. The van der Waals surface area contributed by atoms with E-state index in [2.05, 4.69) is 22.6 Å². The third kappa shape index (κ3) is 3.85. The van der Waals surface area contributed by atoms with E-state index in [1.54, 1.807) is 18.2 Å². The smallest absolute Gasteiger partial charge is 0.400 e. The van der Waals surface area contributed by atoms with Crippen LogP contribution in [0.25, 0.3) is 0 Å². The van der Waals surface area contributed by atoms with Crippen molar-refractivity contribution in [1.29, 1.82) is 0 Å². The number of fused-ring (bicyclic) bond motifs is 4. The van der Waals surface area contributed by atoms with Crippen LogP contribution in [0.5, 0.6) is 5.75 Å². The van der Waals surface area contributed by atoms with Gasteiger partial charge in [0.2, 0.25) is 0 Å². The number of carbonyl (C=O) groups excluding carboxylic acids is 2. The van der Waals surface area contributed by atoms with Crippen LogP contribution in [0, 0.1) is 21.3 Å². The highest BCUT2D eigenvalue weighted by atomic mass is 127. The molecule has 5 atom stereocenters. The van der Waals surface area contributed by atoms with Crippen LogP contribution in [0.4, 0.5) is 13.2 Å². The van der Waals surface area contributed by atoms with Gasteiger partial charge < -0.3 is 14.2 Å². The predicted octanol–water partition coefficient (Wildman–Crippen LogP) is 3.33. The van der Waals surface area contributed by atoms with E-state index >= 15 is 0 Å². The van der Waals surface area contributed by atoms with Crippen molar-refractivity contribution in [2.24, 2.45) is 17.8 Å². The van der Waals surface area contributed by atoms with E-state index in [-0.39, 0.29) is 24.7 Å². The van der Waals surface area contributed by atoms with Crippen LogP contribution < -0.4 is 4.74 Å². The second kappa shape index (κ2) is 8.01. The Balaban J connectivity index is 1.36. The van der Waals surface area contributed by atoms with Crippen molar-refractivity contribution in [3.8, 4) is 5.75 Å². The van der Waals surface area contributed by atoms with Crippen LogP contribution in [-0.2, 0) is 24.4 Å². The van der Waals surface area contributed by atoms with Crippen molar-refractivity contribution in [1.82, 2.24) is 0 Å². The molecule has 4 rings (SSSR count). The molecule has 8 nitrogen and oxygen atoms in total. The lowest BCUT2D eigenvalue weighted by Crippen LogP contribution is -2.50. The van der Waals surface area contributed by atoms with Gasteiger partial charge in [-0.1, -0.05) is 6.07 Å². The first-order chi connectivity index (χ1) is 14.9. The molecule has 176 valence electrons.